The number of nitrogens with two attached hydrogens (primary N) is 1. The molecule has 0 atom stereocenters. The van der Waals surface area contributed by atoms with Gasteiger partial charge in [-0.2, -0.15) is 5.10 Å². The summed E-state index contributed by atoms with van der Waals surface area (Å²) < 4.78 is 1.93. The van der Waals surface area contributed by atoms with E-state index in [1.54, 1.807) is 18.0 Å². The van der Waals surface area contributed by atoms with Crippen molar-refractivity contribution in [3.63, 3.8) is 0 Å². The highest BCUT2D eigenvalue weighted by Crippen LogP contribution is 2.25. The minimum absolute atomic E-state index is 0.857. The van der Waals surface area contributed by atoms with E-state index in [1.165, 1.54) is 5.56 Å². The molecule has 0 aliphatic heterocycles. The standard InChI is InChI=1S/C12H15N3S/c1-10-3-4-11(13)12(9-10)16-8-7-15-6-2-5-14-15/h2-6,9H,7-8,13H2,1H3. The van der Waals surface area contributed by atoms with Crippen LogP contribution >= 0.6 is 11.8 Å². The number of hydrogen-bond acceptors (Lipinski definition) is 3. The third kappa shape index (κ3) is 2.79. The van der Waals surface area contributed by atoms with Crippen molar-refractivity contribution in [3.8, 4) is 0 Å². The Bertz CT molecular complexity index is 451. The molecule has 2 rings (SSSR count). The Hall–Kier alpha value is -1.42. The summed E-state index contributed by atoms with van der Waals surface area (Å²) in [6, 6.07) is 8.06. The summed E-state index contributed by atoms with van der Waals surface area (Å²) in [7, 11) is 0. The number of nitrogen functional groups attached to an aromatic ring is 1. The molecule has 0 amide bonds. The molecule has 0 fully saturated rings. The Labute approximate surface area is 99.7 Å². The Morgan fingerprint density at radius 3 is 3.06 bits per heavy atom. The zero-order valence-electron chi connectivity index (χ0n) is 9.26. The van der Waals surface area contributed by atoms with E-state index in [-0.39, 0.29) is 0 Å². The van der Waals surface area contributed by atoms with E-state index in [4.69, 9.17) is 5.73 Å². The summed E-state index contributed by atoms with van der Waals surface area (Å²) in [6.45, 7) is 2.99. The van der Waals surface area contributed by atoms with Crippen LogP contribution in [0.4, 0.5) is 5.69 Å². The van der Waals surface area contributed by atoms with Crippen LogP contribution in [-0.4, -0.2) is 15.5 Å². The lowest BCUT2D eigenvalue weighted by Crippen LogP contribution is -2.00. The van der Waals surface area contributed by atoms with Crippen LogP contribution in [0, 0.1) is 6.92 Å². The summed E-state index contributed by atoms with van der Waals surface area (Å²) in [5.74, 6) is 0.981. The van der Waals surface area contributed by atoms with Gasteiger partial charge in [-0.25, -0.2) is 0 Å². The number of anilines is 1. The molecular weight excluding hydrogens is 218 g/mol. The highest BCUT2D eigenvalue weighted by Gasteiger charge is 2.00. The molecule has 84 valence electrons. The van der Waals surface area contributed by atoms with Crippen molar-refractivity contribution in [1.29, 1.82) is 0 Å². The number of aromatic nitrogens is 2. The van der Waals surface area contributed by atoms with E-state index >= 15 is 0 Å². The van der Waals surface area contributed by atoms with Crippen molar-refractivity contribution in [2.45, 2.75) is 18.4 Å². The van der Waals surface area contributed by atoms with Gasteiger partial charge in [0.2, 0.25) is 0 Å². The van der Waals surface area contributed by atoms with Crippen LogP contribution in [-0.2, 0) is 6.54 Å². The summed E-state index contributed by atoms with van der Waals surface area (Å²) in [6.07, 6.45) is 3.77. The molecule has 16 heavy (non-hydrogen) atoms. The van der Waals surface area contributed by atoms with Gasteiger partial charge in [0, 0.05) is 28.7 Å². The lowest BCUT2D eigenvalue weighted by Gasteiger charge is -2.06. The second-order valence-electron chi connectivity index (χ2n) is 3.66. The molecule has 0 unspecified atom stereocenters. The SMILES string of the molecule is Cc1ccc(N)c(SCCn2cccn2)c1. The third-order valence-corrected chi connectivity index (χ3v) is 3.36. The van der Waals surface area contributed by atoms with Gasteiger partial charge in [-0.15, -0.1) is 11.8 Å². The Morgan fingerprint density at radius 1 is 1.44 bits per heavy atom. The zero-order valence-corrected chi connectivity index (χ0v) is 10.1. The Morgan fingerprint density at radius 2 is 2.31 bits per heavy atom. The van der Waals surface area contributed by atoms with Crippen LogP contribution in [0.5, 0.6) is 0 Å². The number of benzene rings is 1. The van der Waals surface area contributed by atoms with Gasteiger partial charge in [0.05, 0.1) is 6.54 Å². The molecule has 1 aromatic heterocycles. The van der Waals surface area contributed by atoms with Crippen molar-refractivity contribution in [1.82, 2.24) is 9.78 Å². The molecule has 0 saturated carbocycles. The normalized spacial score (nSPS) is 10.6. The summed E-state index contributed by atoms with van der Waals surface area (Å²) in [5, 5.41) is 4.16. The van der Waals surface area contributed by atoms with Crippen LogP contribution in [0.1, 0.15) is 5.56 Å². The third-order valence-electron chi connectivity index (χ3n) is 2.31. The van der Waals surface area contributed by atoms with Crippen LogP contribution in [0.2, 0.25) is 0 Å². The van der Waals surface area contributed by atoms with E-state index in [9.17, 15) is 0 Å². The first-order valence-corrected chi connectivity index (χ1v) is 6.20. The molecule has 1 heterocycles. The lowest BCUT2D eigenvalue weighted by molar-refractivity contribution is 0.666. The van der Waals surface area contributed by atoms with Gasteiger partial charge >= 0.3 is 0 Å². The minimum Gasteiger partial charge on any atom is -0.398 e. The van der Waals surface area contributed by atoms with Gasteiger partial charge in [-0.1, -0.05) is 6.07 Å². The molecule has 2 aromatic rings. The molecule has 0 saturated heterocycles. The molecule has 0 spiro atoms. The first kappa shape index (κ1) is 11.1. The zero-order chi connectivity index (χ0) is 11.4. The highest BCUT2D eigenvalue weighted by atomic mass is 32.2. The van der Waals surface area contributed by atoms with Crippen molar-refractivity contribution < 1.29 is 0 Å². The number of hydrogen-bond donors (Lipinski definition) is 1. The maximum atomic E-state index is 5.91. The topological polar surface area (TPSA) is 43.8 Å². The van der Waals surface area contributed by atoms with E-state index in [2.05, 4.69) is 18.1 Å². The van der Waals surface area contributed by atoms with Gasteiger partial charge in [-0.05, 0) is 30.7 Å². The van der Waals surface area contributed by atoms with Gasteiger partial charge < -0.3 is 5.73 Å². The van der Waals surface area contributed by atoms with E-state index < -0.39 is 0 Å². The summed E-state index contributed by atoms with van der Waals surface area (Å²) in [5.41, 5.74) is 8.01. The second-order valence-corrected chi connectivity index (χ2v) is 4.80. The van der Waals surface area contributed by atoms with Gasteiger partial charge in [0.15, 0.2) is 0 Å². The first-order valence-electron chi connectivity index (χ1n) is 5.22. The van der Waals surface area contributed by atoms with Crippen LogP contribution in [0.3, 0.4) is 0 Å². The molecule has 0 aliphatic carbocycles. The van der Waals surface area contributed by atoms with Crippen molar-refractivity contribution in [3.05, 3.63) is 42.2 Å². The maximum Gasteiger partial charge on any atom is 0.0503 e. The minimum atomic E-state index is 0.857. The summed E-state index contributed by atoms with van der Waals surface area (Å²) >= 11 is 1.77. The highest BCUT2D eigenvalue weighted by molar-refractivity contribution is 7.99. The van der Waals surface area contributed by atoms with Crippen molar-refractivity contribution in [2.24, 2.45) is 0 Å². The average molecular weight is 233 g/mol. The molecule has 3 nitrogen and oxygen atoms in total. The average Bonchev–Trinajstić information content (AvgIpc) is 2.76. The van der Waals surface area contributed by atoms with Gasteiger partial charge in [-0.3, -0.25) is 4.68 Å². The van der Waals surface area contributed by atoms with E-state index in [1.807, 2.05) is 29.1 Å². The quantitative estimate of drug-likeness (QED) is 0.652. The molecule has 2 N–H and O–H groups in total. The first-order chi connectivity index (χ1) is 7.75. The molecule has 4 heteroatoms. The Balaban J connectivity index is 1.92. The number of nitrogens with zero attached hydrogens (tertiary/aromatic N) is 2. The smallest absolute Gasteiger partial charge is 0.0503 e. The number of thioether (sulfide) groups is 1. The fourth-order valence-electron chi connectivity index (χ4n) is 1.45. The van der Waals surface area contributed by atoms with Crippen LogP contribution in [0.15, 0.2) is 41.6 Å². The molecular formula is C12H15N3S. The van der Waals surface area contributed by atoms with Crippen LogP contribution < -0.4 is 5.73 Å². The second kappa shape index (κ2) is 5.07. The largest absolute Gasteiger partial charge is 0.398 e. The van der Waals surface area contributed by atoms with E-state index in [0.29, 0.717) is 0 Å². The van der Waals surface area contributed by atoms with Crippen molar-refractivity contribution >= 4 is 17.4 Å². The fourth-order valence-corrected chi connectivity index (χ4v) is 2.45. The predicted octanol–water partition coefficient (Wildman–Crippen LogP) is 2.57. The summed E-state index contributed by atoms with van der Waals surface area (Å²) in [4.78, 5) is 1.16. The number of rotatable bonds is 4. The lowest BCUT2D eigenvalue weighted by atomic mass is 10.2. The monoisotopic (exact) mass is 233 g/mol. The molecule has 0 radical (unpaired) electrons. The van der Waals surface area contributed by atoms with Gasteiger partial charge in [0.1, 0.15) is 0 Å². The maximum absolute atomic E-state index is 5.91. The van der Waals surface area contributed by atoms with Crippen molar-refractivity contribution in [2.75, 3.05) is 11.5 Å². The van der Waals surface area contributed by atoms with Crippen LogP contribution in [0.25, 0.3) is 0 Å². The predicted molar refractivity (Wildman–Crippen MR) is 68.5 cm³/mol. The van der Waals surface area contributed by atoms with Gasteiger partial charge in [0.25, 0.3) is 0 Å². The molecule has 0 bridgehead atoms. The fraction of sp³-hybridized carbons (Fsp3) is 0.250. The molecule has 1 aromatic carbocycles. The Kier molecular flexibility index (Phi) is 3.51. The van der Waals surface area contributed by atoms with E-state index in [0.717, 1.165) is 22.9 Å². The number of aryl methyl sites for hydroxylation is 2. The molecule has 0 aliphatic rings.